The Balaban J connectivity index is 1.31. The Kier molecular flexibility index (Phi) is 14.5. The molecule has 0 bridgehead atoms. The number of ether oxygens (including phenoxy) is 2. The molecule has 0 fully saturated rings. The number of likely N-dealkylation sites (N-methyl/N-ethyl adjacent to an activating group) is 4. The summed E-state index contributed by atoms with van der Waals surface area (Å²) in [6.45, 7) is 7.41. The van der Waals surface area contributed by atoms with Crippen molar-refractivity contribution in [2.75, 3.05) is 68.5 Å². The molecule has 0 saturated heterocycles. The SMILES string of the molecule is CNCCN(C)Cc1cn(CC(C)Oc2c(Cl)cc(-c3[nH]ncc3CN(C)CCNC)cc2Cl)nc1-c1ccc(Oc2cccc(C(=O)N(C)C)c2)cc1. The molecular formula is C40H51Cl2N9O3. The van der Waals surface area contributed by atoms with Gasteiger partial charge in [0.25, 0.3) is 5.91 Å². The van der Waals surface area contributed by atoms with Crippen molar-refractivity contribution in [2.24, 2.45) is 0 Å². The minimum absolute atomic E-state index is 0.0821. The molecule has 0 aliphatic rings. The Morgan fingerprint density at radius 3 is 2.15 bits per heavy atom. The maximum absolute atomic E-state index is 12.4. The van der Waals surface area contributed by atoms with E-state index in [1.54, 1.807) is 31.1 Å². The zero-order chi connectivity index (χ0) is 38.8. The Bertz CT molecular complexity index is 1960. The molecule has 2 heterocycles. The van der Waals surface area contributed by atoms with Gasteiger partial charge in [-0.05, 0) is 89.7 Å². The van der Waals surface area contributed by atoms with Crippen LogP contribution in [0.5, 0.6) is 17.2 Å². The molecule has 1 unspecified atom stereocenters. The van der Waals surface area contributed by atoms with Crippen LogP contribution in [0.3, 0.4) is 0 Å². The first-order chi connectivity index (χ1) is 25.9. The summed E-state index contributed by atoms with van der Waals surface area (Å²) in [5.74, 6) is 1.59. The van der Waals surface area contributed by atoms with Crippen LogP contribution < -0.4 is 20.1 Å². The number of benzene rings is 3. The van der Waals surface area contributed by atoms with Crippen molar-refractivity contribution < 1.29 is 14.3 Å². The molecule has 54 heavy (non-hydrogen) atoms. The average Bonchev–Trinajstić information content (AvgIpc) is 3.77. The summed E-state index contributed by atoms with van der Waals surface area (Å²) in [6.07, 6.45) is 3.61. The third kappa shape index (κ3) is 10.8. The lowest BCUT2D eigenvalue weighted by atomic mass is 10.1. The number of hydrogen-bond acceptors (Lipinski definition) is 9. The highest BCUT2D eigenvalue weighted by Crippen LogP contribution is 2.39. The summed E-state index contributed by atoms with van der Waals surface area (Å²) in [5, 5.41) is 19.7. The molecule has 0 aliphatic heterocycles. The standard InChI is InChI=1S/C40H51Cl2N9O3/c1-27(53-39-35(41)20-30(21-36(39)42)37-31(22-45-46-37)24-49(6)17-15-43-2)23-51-26-32(25-50(7)18-16-44-3)38(47-51)28-11-13-33(14-12-28)54-34-10-8-9-29(19-34)40(52)48(4)5/h8-14,19-22,26-27,43-44H,15-18,23-25H2,1-7H3,(H,45,46). The number of aromatic amines is 1. The highest BCUT2D eigenvalue weighted by Gasteiger charge is 2.20. The first kappa shape index (κ1) is 40.7. The number of halogens is 2. The summed E-state index contributed by atoms with van der Waals surface area (Å²) in [5.41, 5.74) is 6.23. The molecule has 14 heteroatoms. The van der Waals surface area contributed by atoms with E-state index >= 15 is 0 Å². The number of nitrogens with one attached hydrogen (secondary N) is 3. The van der Waals surface area contributed by atoms with Crippen LogP contribution in [0.15, 0.2) is 73.1 Å². The van der Waals surface area contributed by atoms with Crippen LogP contribution in [0.4, 0.5) is 0 Å². The smallest absolute Gasteiger partial charge is 0.253 e. The molecule has 2 aromatic heterocycles. The van der Waals surface area contributed by atoms with Gasteiger partial charge in [-0.25, -0.2) is 0 Å². The second-order valence-electron chi connectivity index (χ2n) is 13.7. The molecule has 3 aromatic carbocycles. The summed E-state index contributed by atoms with van der Waals surface area (Å²) in [7, 11) is 11.5. The summed E-state index contributed by atoms with van der Waals surface area (Å²) in [6, 6.07) is 18.7. The van der Waals surface area contributed by atoms with E-state index in [2.05, 4.69) is 50.9 Å². The Hall–Kier alpha value is -4.43. The maximum atomic E-state index is 12.4. The third-order valence-corrected chi connectivity index (χ3v) is 9.39. The van der Waals surface area contributed by atoms with Gasteiger partial charge in [-0.3, -0.25) is 14.6 Å². The Labute approximate surface area is 328 Å². The monoisotopic (exact) mass is 775 g/mol. The topological polar surface area (TPSA) is 116 Å². The fraction of sp³-hybridized carbons (Fsp3) is 0.375. The van der Waals surface area contributed by atoms with Gasteiger partial charge in [0.05, 0.1) is 34.2 Å². The molecule has 0 aliphatic carbocycles. The number of carbonyl (C=O) groups is 1. The highest BCUT2D eigenvalue weighted by atomic mass is 35.5. The molecule has 1 atom stereocenters. The van der Waals surface area contributed by atoms with Gasteiger partial charge >= 0.3 is 0 Å². The number of hydrogen-bond donors (Lipinski definition) is 3. The zero-order valence-electron chi connectivity index (χ0n) is 32.1. The van der Waals surface area contributed by atoms with Gasteiger partial charge in [0.15, 0.2) is 5.75 Å². The lowest BCUT2D eigenvalue weighted by molar-refractivity contribution is 0.0827. The van der Waals surface area contributed by atoms with Crippen LogP contribution in [0, 0.1) is 0 Å². The molecule has 288 valence electrons. The van der Waals surface area contributed by atoms with Gasteiger partial charge in [0.2, 0.25) is 0 Å². The van der Waals surface area contributed by atoms with E-state index in [9.17, 15) is 4.79 Å². The Morgan fingerprint density at radius 1 is 0.870 bits per heavy atom. The summed E-state index contributed by atoms with van der Waals surface area (Å²) >= 11 is 13.6. The van der Waals surface area contributed by atoms with Gasteiger partial charge in [-0.1, -0.05) is 29.3 Å². The van der Waals surface area contributed by atoms with E-state index in [-0.39, 0.29) is 12.0 Å². The van der Waals surface area contributed by atoms with Crippen molar-refractivity contribution in [3.05, 3.63) is 99.8 Å². The largest absolute Gasteiger partial charge is 0.486 e. The van der Waals surface area contributed by atoms with Crippen LogP contribution in [-0.4, -0.2) is 115 Å². The molecule has 5 aromatic rings. The van der Waals surface area contributed by atoms with Crippen molar-refractivity contribution >= 4 is 29.1 Å². The fourth-order valence-electron chi connectivity index (χ4n) is 6.03. The van der Waals surface area contributed by atoms with Gasteiger partial charge in [-0.2, -0.15) is 10.2 Å². The number of nitrogens with zero attached hydrogens (tertiary/aromatic N) is 6. The number of amides is 1. The van der Waals surface area contributed by atoms with E-state index < -0.39 is 0 Å². The second-order valence-corrected chi connectivity index (χ2v) is 14.5. The molecule has 5 rings (SSSR count). The second kappa shape index (κ2) is 19.2. The molecule has 1 amide bonds. The predicted octanol–water partition coefficient (Wildman–Crippen LogP) is 6.51. The van der Waals surface area contributed by atoms with Crippen LogP contribution in [-0.2, 0) is 19.6 Å². The van der Waals surface area contributed by atoms with Gasteiger partial charge < -0.3 is 34.8 Å². The molecule has 0 saturated carbocycles. The fourth-order valence-corrected chi connectivity index (χ4v) is 6.60. The molecular weight excluding hydrogens is 725 g/mol. The van der Waals surface area contributed by atoms with Crippen molar-refractivity contribution in [1.82, 2.24) is 45.3 Å². The van der Waals surface area contributed by atoms with Gasteiger partial charge in [-0.15, -0.1) is 0 Å². The Morgan fingerprint density at radius 2 is 1.52 bits per heavy atom. The predicted molar refractivity (Wildman–Crippen MR) is 217 cm³/mol. The van der Waals surface area contributed by atoms with Crippen LogP contribution in [0.2, 0.25) is 10.0 Å². The third-order valence-electron chi connectivity index (χ3n) is 8.82. The van der Waals surface area contributed by atoms with E-state index in [1.807, 2.05) is 80.4 Å². The first-order valence-electron chi connectivity index (χ1n) is 18.0. The van der Waals surface area contributed by atoms with Crippen molar-refractivity contribution in [3.8, 4) is 39.8 Å². The average molecular weight is 777 g/mol. The normalized spacial score (nSPS) is 12.1. The minimum atomic E-state index is -0.303. The van der Waals surface area contributed by atoms with Crippen molar-refractivity contribution in [3.63, 3.8) is 0 Å². The van der Waals surface area contributed by atoms with E-state index in [0.29, 0.717) is 45.9 Å². The van der Waals surface area contributed by atoms with E-state index in [0.717, 1.165) is 66.4 Å². The van der Waals surface area contributed by atoms with E-state index in [4.69, 9.17) is 37.8 Å². The lowest BCUT2D eigenvalue weighted by Gasteiger charge is -2.19. The maximum Gasteiger partial charge on any atom is 0.253 e. The summed E-state index contributed by atoms with van der Waals surface area (Å²) < 4.78 is 14.4. The van der Waals surface area contributed by atoms with Crippen molar-refractivity contribution in [2.45, 2.75) is 32.7 Å². The van der Waals surface area contributed by atoms with Crippen LogP contribution >= 0.6 is 23.2 Å². The number of H-pyrrole nitrogens is 1. The number of aromatic nitrogens is 4. The van der Waals surface area contributed by atoms with Crippen molar-refractivity contribution in [1.29, 1.82) is 0 Å². The van der Waals surface area contributed by atoms with E-state index in [1.165, 1.54) is 0 Å². The summed E-state index contributed by atoms with van der Waals surface area (Å²) in [4.78, 5) is 18.5. The number of carbonyl (C=O) groups excluding carboxylic acids is 1. The lowest BCUT2D eigenvalue weighted by Crippen LogP contribution is -2.27. The highest BCUT2D eigenvalue weighted by molar-refractivity contribution is 6.37. The molecule has 0 spiro atoms. The molecule has 3 N–H and O–H groups in total. The van der Waals surface area contributed by atoms with Crippen LogP contribution in [0.1, 0.15) is 28.4 Å². The first-order valence-corrected chi connectivity index (χ1v) is 18.7. The quantitative estimate of drug-likeness (QED) is 0.0864. The van der Waals surface area contributed by atoms with Gasteiger partial charge in [0, 0.05) is 87.4 Å². The van der Waals surface area contributed by atoms with Gasteiger partial charge in [0.1, 0.15) is 17.6 Å². The molecule has 12 nitrogen and oxygen atoms in total. The number of rotatable bonds is 19. The minimum Gasteiger partial charge on any atom is -0.486 e. The molecule has 0 radical (unpaired) electrons. The van der Waals surface area contributed by atoms with Crippen LogP contribution in [0.25, 0.3) is 22.5 Å². The zero-order valence-corrected chi connectivity index (χ0v) is 33.6.